The van der Waals surface area contributed by atoms with Crippen LogP contribution in [0.1, 0.15) is 13.3 Å². The van der Waals surface area contributed by atoms with Crippen LogP contribution in [0.5, 0.6) is 0 Å². The van der Waals surface area contributed by atoms with Crippen molar-refractivity contribution in [3.63, 3.8) is 0 Å². The van der Waals surface area contributed by atoms with E-state index in [1.54, 1.807) is 6.92 Å². The van der Waals surface area contributed by atoms with Crippen LogP contribution in [-0.4, -0.2) is 54.7 Å². The summed E-state index contributed by atoms with van der Waals surface area (Å²) in [6, 6.07) is -0.449. The summed E-state index contributed by atoms with van der Waals surface area (Å²) in [6.45, 7) is 6.27. The molecule has 0 aromatic heterocycles. The quantitative estimate of drug-likeness (QED) is 0.373. The van der Waals surface area contributed by atoms with Gasteiger partial charge in [0.15, 0.2) is 6.04 Å². The minimum Gasteiger partial charge on any atom is -0.477 e. The van der Waals surface area contributed by atoms with Gasteiger partial charge in [-0.1, -0.05) is 6.58 Å². The number of amides is 1. The van der Waals surface area contributed by atoms with E-state index in [9.17, 15) is 9.59 Å². The number of rotatable bonds is 7. The second kappa shape index (κ2) is 6.27. The van der Waals surface area contributed by atoms with Crippen molar-refractivity contribution in [3.8, 4) is 0 Å². The molecule has 0 radical (unpaired) electrons. The van der Waals surface area contributed by atoms with Gasteiger partial charge in [-0.15, -0.1) is 0 Å². The molecule has 16 heavy (non-hydrogen) atoms. The van der Waals surface area contributed by atoms with Crippen LogP contribution in [0.15, 0.2) is 12.7 Å². The number of carbonyl (C=O) groups excluding carboxylic acids is 1. The molecule has 0 aliphatic carbocycles. The third-order valence-corrected chi connectivity index (χ3v) is 2.80. The van der Waals surface area contributed by atoms with E-state index in [0.29, 0.717) is 17.6 Å². The van der Waals surface area contributed by atoms with Crippen LogP contribution in [0.3, 0.4) is 0 Å². The minimum atomic E-state index is -0.805. The number of carboxylic acid groups (broad SMARTS) is 1. The lowest BCUT2D eigenvalue weighted by Gasteiger charge is -2.33. The van der Waals surface area contributed by atoms with E-state index >= 15 is 0 Å². The molecule has 0 aliphatic heterocycles. The fraction of sp³-hybridized carbons (Fsp3) is 0.636. The van der Waals surface area contributed by atoms with Crippen LogP contribution in [-0.2, 0) is 9.59 Å². The van der Waals surface area contributed by atoms with Crippen LogP contribution in [0, 0.1) is 0 Å². The summed E-state index contributed by atoms with van der Waals surface area (Å²) in [6.07, 6.45) is 1.96. The predicted octanol–water partition coefficient (Wildman–Crippen LogP) is 0.228. The zero-order valence-corrected chi connectivity index (χ0v) is 10.2. The lowest BCUT2D eigenvalue weighted by atomic mass is 10.2. The molecule has 92 valence electrons. The van der Waals surface area contributed by atoms with Crippen LogP contribution < -0.4 is 5.32 Å². The van der Waals surface area contributed by atoms with Gasteiger partial charge in [-0.3, -0.25) is 4.79 Å². The van der Waals surface area contributed by atoms with Crippen LogP contribution in [0.25, 0.3) is 0 Å². The number of carboxylic acids is 1. The lowest BCUT2D eigenvalue weighted by molar-refractivity contribution is -0.904. The number of hydrogen-bond donors (Lipinski definition) is 2. The zero-order valence-electron chi connectivity index (χ0n) is 10.2. The van der Waals surface area contributed by atoms with Crippen molar-refractivity contribution < 1.29 is 19.2 Å². The third-order valence-electron chi connectivity index (χ3n) is 2.80. The van der Waals surface area contributed by atoms with Crippen molar-refractivity contribution in [1.82, 2.24) is 5.32 Å². The number of carbonyl (C=O) groups is 2. The van der Waals surface area contributed by atoms with Gasteiger partial charge < -0.3 is 14.9 Å². The number of aliphatic carboxylic acids is 1. The van der Waals surface area contributed by atoms with Crippen molar-refractivity contribution in [2.75, 3.05) is 27.2 Å². The number of nitrogens with one attached hydrogen (secondary N) is 1. The second-order valence-corrected chi connectivity index (χ2v) is 4.37. The monoisotopic (exact) mass is 229 g/mol. The Morgan fingerprint density at radius 1 is 1.50 bits per heavy atom. The van der Waals surface area contributed by atoms with Crippen LogP contribution in [0.4, 0.5) is 0 Å². The Morgan fingerprint density at radius 3 is 2.50 bits per heavy atom. The molecular formula is C11H21N2O3+. The van der Waals surface area contributed by atoms with Gasteiger partial charge in [-0.2, -0.15) is 0 Å². The van der Waals surface area contributed by atoms with Crippen molar-refractivity contribution in [3.05, 3.63) is 12.7 Å². The Morgan fingerprint density at radius 2 is 2.06 bits per heavy atom. The fourth-order valence-electron chi connectivity index (χ4n) is 1.26. The summed E-state index contributed by atoms with van der Waals surface area (Å²) in [5.41, 5.74) is 0. The van der Waals surface area contributed by atoms with E-state index in [2.05, 4.69) is 11.9 Å². The highest BCUT2D eigenvalue weighted by Crippen LogP contribution is 2.07. The Bertz CT molecular complexity index is 274. The maximum Gasteiger partial charge on any atom is 0.362 e. The third kappa shape index (κ3) is 4.93. The first-order chi connectivity index (χ1) is 7.31. The molecule has 0 saturated heterocycles. The lowest BCUT2D eigenvalue weighted by Crippen LogP contribution is -2.52. The van der Waals surface area contributed by atoms with Gasteiger partial charge in [0.05, 0.1) is 20.6 Å². The molecule has 0 rings (SSSR count). The molecule has 0 aromatic carbocycles. The molecule has 5 heteroatoms. The van der Waals surface area contributed by atoms with Gasteiger partial charge in [0, 0.05) is 13.0 Å². The van der Waals surface area contributed by atoms with Gasteiger partial charge in [-0.25, -0.2) is 4.79 Å². The molecule has 0 aliphatic rings. The molecule has 0 aromatic rings. The Labute approximate surface area is 96.3 Å². The summed E-state index contributed by atoms with van der Waals surface area (Å²) in [7, 11) is 3.74. The minimum absolute atomic E-state index is 0.198. The first-order valence-electron chi connectivity index (χ1n) is 5.27. The first kappa shape index (κ1) is 14.6. The zero-order chi connectivity index (χ0) is 12.8. The highest BCUT2D eigenvalue weighted by Gasteiger charge is 2.29. The first-order valence-corrected chi connectivity index (χ1v) is 5.27. The Balaban J connectivity index is 3.95. The summed E-state index contributed by atoms with van der Waals surface area (Å²) in [4.78, 5) is 21.7. The van der Waals surface area contributed by atoms with E-state index in [0.717, 1.165) is 6.42 Å². The highest BCUT2D eigenvalue weighted by molar-refractivity contribution is 5.86. The second-order valence-electron chi connectivity index (χ2n) is 4.37. The fourth-order valence-corrected chi connectivity index (χ4v) is 1.26. The van der Waals surface area contributed by atoms with Gasteiger partial charge in [0.25, 0.3) is 0 Å². The van der Waals surface area contributed by atoms with E-state index in [1.165, 1.54) is 6.08 Å². The van der Waals surface area contributed by atoms with E-state index in [-0.39, 0.29) is 5.91 Å². The van der Waals surface area contributed by atoms with Crippen LogP contribution >= 0.6 is 0 Å². The Kier molecular flexibility index (Phi) is 5.74. The van der Waals surface area contributed by atoms with Crippen molar-refractivity contribution in [2.24, 2.45) is 0 Å². The number of quaternary nitrogens is 1. The van der Waals surface area contributed by atoms with E-state index < -0.39 is 12.0 Å². The standard InChI is InChI=1S/C11H20N2O3/c1-5-10(14)12-7-6-8-13(3,4)9(2)11(15)16/h5,9H,1,6-8H2,2-4H3,(H-,12,14,15,16)/p+1. The number of likely N-dealkylation sites (N-methyl/N-ethyl adjacent to an activating group) is 1. The van der Waals surface area contributed by atoms with Gasteiger partial charge in [0.2, 0.25) is 5.91 Å². The highest BCUT2D eigenvalue weighted by atomic mass is 16.4. The molecule has 0 saturated carbocycles. The van der Waals surface area contributed by atoms with Gasteiger partial charge in [0.1, 0.15) is 0 Å². The average Bonchev–Trinajstić information content (AvgIpc) is 2.22. The molecule has 1 atom stereocenters. The topological polar surface area (TPSA) is 66.4 Å². The molecular weight excluding hydrogens is 208 g/mol. The van der Waals surface area contributed by atoms with E-state index in [1.807, 2.05) is 14.1 Å². The summed E-state index contributed by atoms with van der Waals surface area (Å²) in [5.74, 6) is -1.00. The average molecular weight is 229 g/mol. The largest absolute Gasteiger partial charge is 0.477 e. The molecule has 0 bridgehead atoms. The SMILES string of the molecule is C=CC(=O)NCCC[N+](C)(C)C(C)C(=O)O. The van der Waals surface area contributed by atoms with E-state index in [4.69, 9.17) is 5.11 Å². The molecule has 1 amide bonds. The maximum absolute atomic E-state index is 10.9. The molecule has 0 heterocycles. The molecule has 0 spiro atoms. The molecule has 0 fully saturated rings. The molecule has 5 nitrogen and oxygen atoms in total. The van der Waals surface area contributed by atoms with Crippen molar-refractivity contribution >= 4 is 11.9 Å². The maximum atomic E-state index is 10.9. The number of hydrogen-bond acceptors (Lipinski definition) is 2. The summed E-state index contributed by atoms with van der Waals surface area (Å²) >= 11 is 0. The summed E-state index contributed by atoms with van der Waals surface area (Å²) in [5, 5.41) is 11.6. The van der Waals surface area contributed by atoms with Crippen LogP contribution in [0.2, 0.25) is 0 Å². The normalized spacial score (nSPS) is 12.9. The molecule has 2 N–H and O–H groups in total. The molecule has 1 unspecified atom stereocenters. The Hall–Kier alpha value is -1.36. The van der Waals surface area contributed by atoms with Crippen molar-refractivity contribution in [2.45, 2.75) is 19.4 Å². The number of nitrogens with zero attached hydrogens (tertiary/aromatic N) is 1. The summed E-state index contributed by atoms with van der Waals surface area (Å²) < 4.78 is 0.402. The predicted molar refractivity (Wildman–Crippen MR) is 61.9 cm³/mol. The smallest absolute Gasteiger partial charge is 0.362 e. The van der Waals surface area contributed by atoms with Gasteiger partial charge in [-0.05, 0) is 13.0 Å². The van der Waals surface area contributed by atoms with Gasteiger partial charge >= 0.3 is 5.97 Å². The van der Waals surface area contributed by atoms with Crippen molar-refractivity contribution in [1.29, 1.82) is 0 Å².